The Hall–Kier alpha value is -1.05. The Morgan fingerprint density at radius 2 is 1.62 bits per heavy atom. The van der Waals surface area contributed by atoms with Gasteiger partial charge in [0.15, 0.2) is 0 Å². The Labute approximate surface area is 46.9 Å². The first-order valence-electron chi connectivity index (χ1n) is 2.26. The van der Waals surface area contributed by atoms with Gasteiger partial charge in [-0.3, -0.25) is 0 Å². The van der Waals surface area contributed by atoms with Crippen molar-refractivity contribution in [3.8, 4) is 0 Å². The predicted molar refractivity (Wildman–Crippen MR) is 30.4 cm³/mol. The average molecular weight is 110 g/mol. The van der Waals surface area contributed by atoms with Gasteiger partial charge in [-0.25, -0.2) is 4.39 Å². The highest BCUT2D eigenvalue weighted by Gasteiger charge is 1.79. The van der Waals surface area contributed by atoms with Crippen molar-refractivity contribution in [1.82, 2.24) is 0 Å². The zero-order valence-corrected chi connectivity index (χ0v) is 4.19. The molecule has 1 aromatic rings. The summed E-state index contributed by atoms with van der Waals surface area (Å²) >= 11 is 0. The van der Waals surface area contributed by atoms with E-state index in [2.05, 4.69) is 0 Å². The summed E-state index contributed by atoms with van der Waals surface area (Å²) in [6.45, 7) is 0. The second-order valence-corrected chi connectivity index (χ2v) is 1.51. The van der Waals surface area contributed by atoms with Gasteiger partial charge in [-0.15, -0.1) is 5.69 Å². The van der Waals surface area contributed by atoms with E-state index >= 15 is 0 Å². The number of nitrogens with one attached hydrogen (secondary N) is 1. The van der Waals surface area contributed by atoms with Crippen LogP contribution in [0.4, 0.5) is 10.1 Å². The second-order valence-electron chi connectivity index (χ2n) is 1.51. The molecule has 0 spiro atoms. The minimum atomic E-state index is -0.291. The fourth-order valence-electron chi connectivity index (χ4n) is 0.450. The van der Waals surface area contributed by atoms with Gasteiger partial charge in [0.05, 0.1) is 0 Å². The highest BCUT2D eigenvalue weighted by Crippen LogP contribution is 2.08. The fraction of sp³-hybridized carbons (Fsp3) is 0. The first kappa shape index (κ1) is 5.09. The van der Waals surface area contributed by atoms with E-state index in [-0.39, 0.29) is 5.82 Å². The van der Waals surface area contributed by atoms with E-state index in [1.165, 1.54) is 24.3 Å². The lowest BCUT2D eigenvalue weighted by atomic mass is 10.3. The van der Waals surface area contributed by atoms with Crippen molar-refractivity contribution in [3.05, 3.63) is 35.8 Å². The normalized spacial score (nSPS) is 9.12. The third-order valence-electron chi connectivity index (χ3n) is 0.844. The van der Waals surface area contributed by atoms with Gasteiger partial charge in [-0.05, 0) is 12.1 Å². The molecular formula is C6H5FN-. The highest BCUT2D eigenvalue weighted by molar-refractivity contribution is 5.41. The quantitative estimate of drug-likeness (QED) is 0.490. The Morgan fingerprint density at radius 1 is 1.12 bits per heavy atom. The van der Waals surface area contributed by atoms with Crippen molar-refractivity contribution in [2.75, 3.05) is 0 Å². The van der Waals surface area contributed by atoms with Gasteiger partial charge >= 0.3 is 0 Å². The van der Waals surface area contributed by atoms with Crippen molar-refractivity contribution >= 4 is 5.69 Å². The monoisotopic (exact) mass is 110 g/mol. The first-order valence-corrected chi connectivity index (χ1v) is 2.26. The molecule has 0 radical (unpaired) electrons. The van der Waals surface area contributed by atoms with Crippen LogP contribution in [0.3, 0.4) is 0 Å². The maximum atomic E-state index is 12.0. The van der Waals surface area contributed by atoms with Crippen molar-refractivity contribution in [1.29, 1.82) is 0 Å². The summed E-state index contributed by atoms with van der Waals surface area (Å²) in [6, 6.07) is 5.36. The van der Waals surface area contributed by atoms with E-state index in [4.69, 9.17) is 5.73 Å². The molecule has 1 N–H and O–H groups in total. The molecule has 0 bridgehead atoms. The van der Waals surface area contributed by atoms with Gasteiger partial charge < -0.3 is 5.73 Å². The van der Waals surface area contributed by atoms with E-state index in [0.717, 1.165) is 0 Å². The molecule has 0 saturated carbocycles. The molecule has 0 fully saturated rings. The molecule has 1 rings (SSSR count). The van der Waals surface area contributed by atoms with Crippen LogP contribution in [0.15, 0.2) is 24.3 Å². The van der Waals surface area contributed by atoms with Gasteiger partial charge in [-0.2, -0.15) is 0 Å². The van der Waals surface area contributed by atoms with Gasteiger partial charge in [0.25, 0.3) is 0 Å². The van der Waals surface area contributed by atoms with Crippen LogP contribution in [0.1, 0.15) is 0 Å². The SMILES string of the molecule is [NH-]c1ccc(F)cc1. The lowest BCUT2D eigenvalue weighted by molar-refractivity contribution is 0.628. The van der Waals surface area contributed by atoms with Gasteiger partial charge in [0, 0.05) is 0 Å². The number of benzene rings is 1. The van der Waals surface area contributed by atoms with Crippen LogP contribution in [-0.4, -0.2) is 0 Å². The number of hydrogen-bond donors (Lipinski definition) is 0. The Balaban J connectivity index is 3.03. The zero-order chi connectivity index (χ0) is 5.98. The minimum absolute atomic E-state index is 0.291. The Morgan fingerprint density at radius 3 is 2.00 bits per heavy atom. The smallest absolute Gasteiger partial charge is 0.123 e. The minimum Gasteiger partial charge on any atom is -0.699 e. The summed E-state index contributed by atoms with van der Waals surface area (Å²) in [6.07, 6.45) is 0. The molecular weight excluding hydrogens is 105 g/mol. The van der Waals surface area contributed by atoms with Gasteiger partial charge in [0.2, 0.25) is 0 Å². The molecule has 1 aromatic carbocycles. The van der Waals surface area contributed by atoms with E-state index in [1.807, 2.05) is 0 Å². The molecule has 0 unspecified atom stereocenters. The summed E-state index contributed by atoms with van der Waals surface area (Å²) in [5.41, 5.74) is 7.26. The van der Waals surface area contributed by atoms with Gasteiger partial charge in [-0.1, -0.05) is 12.1 Å². The van der Waals surface area contributed by atoms with Crippen molar-refractivity contribution in [2.45, 2.75) is 0 Å². The maximum Gasteiger partial charge on any atom is 0.123 e. The lowest BCUT2D eigenvalue weighted by Crippen LogP contribution is -1.65. The molecule has 42 valence electrons. The molecule has 8 heavy (non-hydrogen) atoms. The highest BCUT2D eigenvalue weighted by atomic mass is 19.1. The standard InChI is InChI=1S/C6H5FN/c7-5-1-3-6(8)4-2-5/h1-4,8H/q-1. The molecule has 0 atom stereocenters. The van der Waals surface area contributed by atoms with E-state index in [1.54, 1.807) is 0 Å². The number of halogens is 1. The average Bonchev–Trinajstić information content (AvgIpc) is 1.77. The van der Waals surface area contributed by atoms with Crippen molar-refractivity contribution < 1.29 is 4.39 Å². The van der Waals surface area contributed by atoms with Crippen molar-refractivity contribution in [2.24, 2.45) is 0 Å². The topological polar surface area (TPSA) is 23.8 Å². The van der Waals surface area contributed by atoms with Crippen LogP contribution in [-0.2, 0) is 0 Å². The summed E-state index contributed by atoms with van der Waals surface area (Å²) in [5.74, 6) is -0.291. The van der Waals surface area contributed by atoms with Crippen LogP contribution in [0, 0.1) is 5.82 Å². The van der Waals surface area contributed by atoms with Crippen LogP contribution < -0.4 is 0 Å². The van der Waals surface area contributed by atoms with Gasteiger partial charge in [0.1, 0.15) is 5.82 Å². The summed E-state index contributed by atoms with van der Waals surface area (Å²) in [4.78, 5) is 0. The van der Waals surface area contributed by atoms with E-state index in [0.29, 0.717) is 5.69 Å². The predicted octanol–water partition coefficient (Wildman–Crippen LogP) is 2.51. The molecule has 0 heterocycles. The molecule has 0 amide bonds. The second kappa shape index (κ2) is 1.82. The largest absolute Gasteiger partial charge is 0.699 e. The fourth-order valence-corrected chi connectivity index (χ4v) is 0.450. The third-order valence-corrected chi connectivity index (χ3v) is 0.844. The lowest BCUT2D eigenvalue weighted by Gasteiger charge is -1.97. The van der Waals surface area contributed by atoms with Crippen LogP contribution in [0.25, 0.3) is 5.73 Å². The molecule has 0 aliphatic heterocycles. The van der Waals surface area contributed by atoms with E-state index in [9.17, 15) is 4.39 Å². The molecule has 0 aliphatic rings. The van der Waals surface area contributed by atoms with Crippen LogP contribution >= 0.6 is 0 Å². The van der Waals surface area contributed by atoms with Crippen LogP contribution in [0.5, 0.6) is 0 Å². The first-order chi connectivity index (χ1) is 3.79. The van der Waals surface area contributed by atoms with E-state index < -0.39 is 0 Å². The molecule has 0 aromatic heterocycles. The Kier molecular flexibility index (Phi) is 1.16. The molecule has 0 aliphatic carbocycles. The van der Waals surface area contributed by atoms with Crippen LogP contribution in [0.2, 0.25) is 0 Å². The maximum absolute atomic E-state index is 12.0. The molecule has 0 saturated heterocycles. The molecule has 1 nitrogen and oxygen atoms in total. The third kappa shape index (κ3) is 0.964. The number of hydrogen-bond acceptors (Lipinski definition) is 0. The van der Waals surface area contributed by atoms with Crippen molar-refractivity contribution in [3.63, 3.8) is 0 Å². The summed E-state index contributed by atoms with van der Waals surface area (Å²) in [7, 11) is 0. The Bertz CT molecular complexity index is 147. The zero-order valence-electron chi connectivity index (χ0n) is 4.19. The summed E-state index contributed by atoms with van der Waals surface area (Å²) in [5, 5.41) is 0. The molecule has 2 heteroatoms. The summed E-state index contributed by atoms with van der Waals surface area (Å²) < 4.78 is 12.0. The number of rotatable bonds is 0.